The Morgan fingerprint density at radius 3 is 2.62 bits per heavy atom. The van der Waals surface area contributed by atoms with Crippen molar-refractivity contribution in [2.24, 2.45) is 5.41 Å². The Labute approximate surface area is 168 Å². The smallest absolute Gasteiger partial charge is 0.380 e. The maximum Gasteiger partial charge on any atom is 0.433 e. The number of ether oxygens (including phenoxy) is 1. The van der Waals surface area contributed by atoms with E-state index in [4.69, 9.17) is 4.74 Å². The Morgan fingerprint density at radius 1 is 1.34 bits per heavy atom. The molecule has 0 unspecified atom stereocenters. The van der Waals surface area contributed by atoms with E-state index in [1.807, 2.05) is 6.08 Å². The fourth-order valence-electron chi connectivity index (χ4n) is 4.26. The zero-order valence-corrected chi connectivity index (χ0v) is 17.1. The largest absolute Gasteiger partial charge is 0.433 e. The van der Waals surface area contributed by atoms with E-state index in [0.717, 1.165) is 31.9 Å². The number of pyridine rings is 1. The van der Waals surface area contributed by atoms with Crippen molar-refractivity contribution < 1.29 is 26.3 Å². The molecule has 3 aliphatic heterocycles. The molecule has 0 aromatic carbocycles. The number of nitrogens with zero attached hydrogens (tertiary/aromatic N) is 2. The van der Waals surface area contributed by atoms with E-state index in [2.05, 4.69) is 17.2 Å². The van der Waals surface area contributed by atoms with Gasteiger partial charge in [0.05, 0.1) is 24.9 Å². The molecule has 4 heterocycles. The summed E-state index contributed by atoms with van der Waals surface area (Å²) in [6.45, 7) is 5.71. The molecule has 3 aliphatic rings. The highest BCUT2D eigenvalue weighted by molar-refractivity contribution is 7.89. The molecule has 1 aromatic rings. The Morgan fingerprint density at radius 2 is 2.07 bits per heavy atom. The standard InChI is InChI=1S/C19H24F3N3O3S/c1-12-16(5-6-17(24-12)19(20,21)22)29(26,27)25-14-3-4-15(25)8-13(7-14)23-9-18(2)10-28-11-18/h3,5-6,13,15,23H,4,7-11H2,1-2H3/t13-,15-/m0/s1. The summed E-state index contributed by atoms with van der Waals surface area (Å²) in [5, 5.41) is 3.53. The van der Waals surface area contributed by atoms with Crippen molar-refractivity contribution in [2.75, 3.05) is 19.8 Å². The van der Waals surface area contributed by atoms with Crippen molar-refractivity contribution in [2.45, 2.75) is 56.3 Å². The predicted octanol–water partition coefficient (Wildman–Crippen LogP) is 2.84. The maximum atomic E-state index is 13.2. The topological polar surface area (TPSA) is 71.5 Å². The lowest BCUT2D eigenvalue weighted by Gasteiger charge is -2.42. The molecule has 2 saturated heterocycles. The fourth-order valence-corrected chi connectivity index (χ4v) is 6.15. The van der Waals surface area contributed by atoms with Crippen LogP contribution in [0, 0.1) is 12.3 Å². The van der Waals surface area contributed by atoms with Crippen LogP contribution < -0.4 is 5.32 Å². The molecule has 2 bridgehead atoms. The van der Waals surface area contributed by atoms with Crippen LogP contribution in [0.5, 0.6) is 0 Å². The van der Waals surface area contributed by atoms with Crippen molar-refractivity contribution in [3.63, 3.8) is 0 Å². The van der Waals surface area contributed by atoms with Crippen LogP contribution in [0.1, 0.15) is 37.6 Å². The number of piperidine rings is 1. The minimum Gasteiger partial charge on any atom is -0.380 e. The second-order valence-corrected chi connectivity index (χ2v) is 10.3. The highest BCUT2D eigenvalue weighted by atomic mass is 32.2. The molecule has 29 heavy (non-hydrogen) atoms. The van der Waals surface area contributed by atoms with E-state index >= 15 is 0 Å². The number of sulfonamides is 1. The van der Waals surface area contributed by atoms with Crippen molar-refractivity contribution in [3.8, 4) is 0 Å². The second-order valence-electron chi connectivity index (χ2n) is 8.48. The van der Waals surface area contributed by atoms with E-state index in [1.165, 1.54) is 11.2 Å². The van der Waals surface area contributed by atoms with Crippen LogP contribution in [-0.2, 0) is 20.9 Å². The number of hydrogen-bond acceptors (Lipinski definition) is 5. The van der Waals surface area contributed by atoms with Gasteiger partial charge in [-0.25, -0.2) is 13.4 Å². The summed E-state index contributed by atoms with van der Waals surface area (Å²) in [7, 11) is -3.96. The molecule has 0 radical (unpaired) electrons. The minimum absolute atomic E-state index is 0.125. The van der Waals surface area contributed by atoms with Gasteiger partial charge in [0.15, 0.2) is 0 Å². The van der Waals surface area contributed by atoms with Gasteiger partial charge in [0.1, 0.15) is 10.6 Å². The number of alkyl halides is 3. The van der Waals surface area contributed by atoms with Crippen LogP contribution in [-0.4, -0.2) is 49.5 Å². The van der Waals surface area contributed by atoms with E-state index in [-0.39, 0.29) is 28.1 Å². The van der Waals surface area contributed by atoms with Crippen molar-refractivity contribution >= 4 is 10.0 Å². The SMILES string of the molecule is Cc1nc(C(F)(F)F)ccc1S(=O)(=O)N1C2=CC[C@H]1C[C@@H](NCC1(C)COC1)C2. The van der Waals surface area contributed by atoms with Gasteiger partial charge in [-0.05, 0) is 31.9 Å². The van der Waals surface area contributed by atoms with Crippen LogP contribution in [0.3, 0.4) is 0 Å². The number of nitrogens with one attached hydrogen (secondary N) is 1. The van der Waals surface area contributed by atoms with Gasteiger partial charge in [-0.2, -0.15) is 13.2 Å². The van der Waals surface area contributed by atoms with Gasteiger partial charge >= 0.3 is 6.18 Å². The van der Waals surface area contributed by atoms with Crippen LogP contribution in [0.15, 0.2) is 28.8 Å². The molecule has 0 amide bonds. The highest BCUT2D eigenvalue weighted by Gasteiger charge is 2.44. The molecule has 0 saturated carbocycles. The van der Waals surface area contributed by atoms with Gasteiger partial charge in [0.25, 0.3) is 10.0 Å². The lowest BCUT2D eigenvalue weighted by molar-refractivity contribution is -0.141. The van der Waals surface area contributed by atoms with Crippen LogP contribution >= 0.6 is 0 Å². The first-order valence-corrected chi connectivity index (χ1v) is 11.0. The molecule has 10 heteroatoms. The summed E-state index contributed by atoms with van der Waals surface area (Å²) in [5.41, 5.74) is -0.404. The molecule has 6 nitrogen and oxygen atoms in total. The number of fused-ring (bicyclic) bond motifs is 2. The van der Waals surface area contributed by atoms with E-state index in [1.54, 1.807) is 0 Å². The summed E-state index contributed by atoms with van der Waals surface area (Å²) in [6.07, 6.45) is -0.852. The highest BCUT2D eigenvalue weighted by Crippen LogP contribution is 2.40. The van der Waals surface area contributed by atoms with Crippen LogP contribution in [0.25, 0.3) is 0 Å². The van der Waals surface area contributed by atoms with E-state index in [0.29, 0.717) is 25.0 Å². The normalized spacial score (nSPS) is 26.2. The lowest BCUT2D eigenvalue weighted by atomic mass is 9.88. The van der Waals surface area contributed by atoms with E-state index in [9.17, 15) is 21.6 Å². The molecule has 1 N–H and O–H groups in total. The van der Waals surface area contributed by atoms with Crippen molar-refractivity contribution in [1.82, 2.24) is 14.6 Å². The van der Waals surface area contributed by atoms with Crippen LogP contribution in [0.2, 0.25) is 0 Å². The Kier molecular flexibility index (Phi) is 4.94. The maximum absolute atomic E-state index is 13.2. The summed E-state index contributed by atoms with van der Waals surface area (Å²) < 4.78 is 71.7. The van der Waals surface area contributed by atoms with Gasteiger partial charge < -0.3 is 10.1 Å². The number of rotatable bonds is 5. The third-order valence-electron chi connectivity index (χ3n) is 5.84. The Bertz CT molecular complexity index is 942. The minimum atomic E-state index is -4.61. The number of hydrogen-bond donors (Lipinski definition) is 1. The molecule has 1 aromatic heterocycles. The second kappa shape index (κ2) is 6.95. The summed E-state index contributed by atoms with van der Waals surface area (Å²) >= 11 is 0. The van der Waals surface area contributed by atoms with Crippen molar-refractivity contribution in [1.29, 1.82) is 0 Å². The first kappa shape index (κ1) is 20.6. The van der Waals surface area contributed by atoms with Crippen molar-refractivity contribution in [3.05, 3.63) is 35.3 Å². The predicted molar refractivity (Wildman–Crippen MR) is 99.4 cm³/mol. The first-order valence-electron chi connectivity index (χ1n) is 9.59. The monoisotopic (exact) mass is 431 g/mol. The van der Waals surface area contributed by atoms with Gasteiger partial charge in [-0.3, -0.25) is 4.31 Å². The van der Waals surface area contributed by atoms with Gasteiger partial charge in [0.2, 0.25) is 0 Å². The third kappa shape index (κ3) is 3.77. The number of halogens is 3. The molecule has 2 fully saturated rings. The molecular weight excluding hydrogens is 407 g/mol. The van der Waals surface area contributed by atoms with Gasteiger partial charge in [-0.1, -0.05) is 13.0 Å². The molecule has 0 aliphatic carbocycles. The summed E-state index contributed by atoms with van der Waals surface area (Å²) in [6, 6.07) is 1.69. The molecule has 0 spiro atoms. The number of aryl methyl sites for hydroxylation is 1. The Hall–Kier alpha value is -1.65. The zero-order valence-electron chi connectivity index (χ0n) is 16.3. The van der Waals surface area contributed by atoms with Gasteiger partial charge in [0, 0.05) is 30.1 Å². The fraction of sp³-hybridized carbons (Fsp3) is 0.632. The molecule has 2 atom stereocenters. The summed E-state index contributed by atoms with van der Waals surface area (Å²) in [5.74, 6) is 0. The molecule has 4 rings (SSSR count). The summed E-state index contributed by atoms with van der Waals surface area (Å²) in [4.78, 5) is 3.32. The zero-order chi connectivity index (χ0) is 21.0. The average Bonchev–Trinajstić information content (AvgIpc) is 2.89. The Balaban J connectivity index is 1.51. The first-order chi connectivity index (χ1) is 13.5. The number of aromatic nitrogens is 1. The quantitative estimate of drug-likeness (QED) is 0.776. The third-order valence-corrected chi connectivity index (χ3v) is 7.87. The molecular formula is C19H24F3N3O3S. The van der Waals surface area contributed by atoms with Gasteiger partial charge in [-0.15, -0.1) is 0 Å². The lowest BCUT2D eigenvalue weighted by Crippen LogP contribution is -2.52. The van der Waals surface area contributed by atoms with Crippen LogP contribution in [0.4, 0.5) is 13.2 Å². The average molecular weight is 431 g/mol. The van der Waals surface area contributed by atoms with E-state index < -0.39 is 21.9 Å². The molecule has 160 valence electrons.